The molecule has 0 aliphatic rings. The molecule has 0 amide bonds. The number of rotatable bonds is 11. The van der Waals surface area contributed by atoms with Crippen LogP contribution >= 0.6 is 0 Å². The first-order valence-corrected chi connectivity index (χ1v) is 7.02. The Morgan fingerprint density at radius 3 is 1.40 bits per heavy atom. The monoisotopic (exact) mass is 288 g/mol. The van der Waals surface area contributed by atoms with Gasteiger partial charge in [0.2, 0.25) is 0 Å². The molecule has 6 heteroatoms. The fraction of sp³-hybridized carbons (Fsp3) is 0.857. The highest BCUT2D eigenvalue weighted by atomic mass is 16.5. The van der Waals surface area contributed by atoms with Gasteiger partial charge in [0, 0.05) is 25.9 Å². The summed E-state index contributed by atoms with van der Waals surface area (Å²) in [6.45, 7) is 2.28. The molecule has 0 aromatic heterocycles. The summed E-state index contributed by atoms with van der Waals surface area (Å²) < 4.78 is 10.1. The minimum Gasteiger partial charge on any atom is -0.464 e. The van der Waals surface area contributed by atoms with E-state index in [9.17, 15) is 9.59 Å². The van der Waals surface area contributed by atoms with Crippen LogP contribution in [0.1, 0.15) is 25.7 Å². The standard InChI is InChI=1S/C14H28N2O4/c1-15(2)9-11-19-13(17)7-5-6-8-14(18)20-12-10-16(3)4/h5-12H2,1-4H3. The third kappa shape index (κ3) is 13.3. The Hall–Kier alpha value is -1.14. The van der Waals surface area contributed by atoms with Gasteiger partial charge in [-0.3, -0.25) is 9.59 Å². The quantitative estimate of drug-likeness (QED) is 0.413. The van der Waals surface area contributed by atoms with Crippen molar-refractivity contribution in [3.63, 3.8) is 0 Å². The first-order valence-electron chi connectivity index (χ1n) is 7.02. The Balaban J connectivity index is 3.41. The van der Waals surface area contributed by atoms with E-state index in [4.69, 9.17) is 9.47 Å². The zero-order valence-electron chi connectivity index (χ0n) is 13.2. The molecular weight excluding hydrogens is 260 g/mol. The van der Waals surface area contributed by atoms with Crippen molar-refractivity contribution in [1.29, 1.82) is 0 Å². The van der Waals surface area contributed by atoms with Crippen LogP contribution in [-0.2, 0) is 19.1 Å². The molecule has 0 saturated heterocycles. The summed E-state index contributed by atoms with van der Waals surface area (Å²) in [5, 5.41) is 0. The van der Waals surface area contributed by atoms with E-state index in [1.165, 1.54) is 0 Å². The Bertz CT molecular complexity index is 252. The van der Waals surface area contributed by atoms with Crippen molar-refractivity contribution in [2.24, 2.45) is 0 Å². The molecule has 0 heterocycles. The molecule has 0 N–H and O–H groups in total. The average molecular weight is 288 g/mol. The van der Waals surface area contributed by atoms with Gasteiger partial charge in [-0.25, -0.2) is 0 Å². The number of hydrogen-bond donors (Lipinski definition) is 0. The van der Waals surface area contributed by atoms with Crippen molar-refractivity contribution < 1.29 is 19.1 Å². The molecule has 0 aliphatic carbocycles. The van der Waals surface area contributed by atoms with Gasteiger partial charge < -0.3 is 19.3 Å². The van der Waals surface area contributed by atoms with Gasteiger partial charge in [0.1, 0.15) is 13.2 Å². The van der Waals surface area contributed by atoms with Gasteiger partial charge in [-0.15, -0.1) is 0 Å². The van der Waals surface area contributed by atoms with Crippen LogP contribution in [0.25, 0.3) is 0 Å². The third-order valence-corrected chi connectivity index (χ3v) is 2.61. The van der Waals surface area contributed by atoms with Crippen molar-refractivity contribution in [3.05, 3.63) is 0 Å². The lowest BCUT2D eigenvalue weighted by Gasteiger charge is -2.10. The van der Waals surface area contributed by atoms with E-state index in [-0.39, 0.29) is 11.9 Å². The number of esters is 2. The molecule has 0 fully saturated rings. The van der Waals surface area contributed by atoms with Crippen LogP contribution in [0.5, 0.6) is 0 Å². The zero-order chi connectivity index (χ0) is 15.4. The lowest BCUT2D eigenvalue weighted by Crippen LogP contribution is -2.20. The van der Waals surface area contributed by atoms with Gasteiger partial charge in [-0.2, -0.15) is 0 Å². The fourth-order valence-electron chi connectivity index (χ4n) is 1.37. The van der Waals surface area contributed by atoms with Crippen molar-refractivity contribution in [3.8, 4) is 0 Å². The Morgan fingerprint density at radius 2 is 1.10 bits per heavy atom. The van der Waals surface area contributed by atoms with Gasteiger partial charge in [0.05, 0.1) is 0 Å². The molecular formula is C14H28N2O4. The summed E-state index contributed by atoms with van der Waals surface area (Å²) in [5.74, 6) is -0.402. The zero-order valence-corrected chi connectivity index (χ0v) is 13.2. The van der Waals surface area contributed by atoms with Crippen LogP contribution in [0.4, 0.5) is 0 Å². The second-order valence-corrected chi connectivity index (χ2v) is 5.25. The molecule has 0 aliphatic heterocycles. The van der Waals surface area contributed by atoms with E-state index >= 15 is 0 Å². The van der Waals surface area contributed by atoms with Gasteiger partial charge in [0.25, 0.3) is 0 Å². The summed E-state index contributed by atoms with van der Waals surface area (Å²) in [6, 6.07) is 0. The van der Waals surface area contributed by atoms with Crippen LogP contribution in [0.2, 0.25) is 0 Å². The maximum atomic E-state index is 11.4. The first-order chi connectivity index (χ1) is 9.41. The predicted octanol–water partition coefficient (Wildman–Crippen LogP) is 0.756. The smallest absolute Gasteiger partial charge is 0.305 e. The highest BCUT2D eigenvalue weighted by molar-refractivity contribution is 5.70. The van der Waals surface area contributed by atoms with Gasteiger partial charge in [0.15, 0.2) is 0 Å². The van der Waals surface area contributed by atoms with Crippen LogP contribution < -0.4 is 0 Å². The van der Waals surface area contributed by atoms with Crippen LogP contribution in [0.15, 0.2) is 0 Å². The number of likely N-dealkylation sites (N-methyl/N-ethyl adjacent to an activating group) is 2. The summed E-state index contributed by atoms with van der Waals surface area (Å²) in [6.07, 6.45) is 2.03. The Kier molecular flexibility index (Phi) is 11.0. The topological polar surface area (TPSA) is 59.1 Å². The Morgan fingerprint density at radius 1 is 0.750 bits per heavy atom. The second kappa shape index (κ2) is 11.7. The van der Waals surface area contributed by atoms with E-state index in [1.807, 2.05) is 38.0 Å². The minimum absolute atomic E-state index is 0.201. The number of hydrogen-bond acceptors (Lipinski definition) is 6. The van der Waals surface area contributed by atoms with Crippen molar-refractivity contribution in [2.75, 3.05) is 54.5 Å². The molecule has 0 spiro atoms. The number of nitrogens with zero attached hydrogens (tertiary/aromatic N) is 2. The van der Waals surface area contributed by atoms with E-state index in [2.05, 4.69) is 0 Å². The van der Waals surface area contributed by atoms with Crippen molar-refractivity contribution in [1.82, 2.24) is 9.80 Å². The molecule has 0 atom stereocenters. The number of carbonyl (C=O) groups excluding carboxylic acids is 2. The predicted molar refractivity (Wildman–Crippen MR) is 77.5 cm³/mol. The molecule has 0 rings (SSSR count). The van der Waals surface area contributed by atoms with E-state index in [1.54, 1.807) is 0 Å². The Labute approximate surface area is 122 Å². The molecule has 0 radical (unpaired) electrons. The maximum absolute atomic E-state index is 11.4. The van der Waals surface area contributed by atoms with Crippen molar-refractivity contribution in [2.45, 2.75) is 25.7 Å². The lowest BCUT2D eigenvalue weighted by molar-refractivity contribution is -0.146. The maximum Gasteiger partial charge on any atom is 0.305 e. The summed E-state index contributed by atoms with van der Waals surface area (Å²) in [7, 11) is 7.71. The molecule has 0 unspecified atom stereocenters. The third-order valence-electron chi connectivity index (χ3n) is 2.61. The second-order valence-electron chi connectivity index (χ2n) is 5.25. The SMILES string of the molecule is CN(C)CCOC(=O)CCCCC(=O)OCCN(C)C. The summed E-state index contributed by atoms with van der Waals surface area (Å²) in [4.78, 5) is 26.6. The molecule has 118 valence electrons. The van der Waals surface area contributed by atoms with Gasteiger partial charge >= 0.3 is 11.9 Å². The van der Waals surface area contributed by atoms with E-state index < -0.39 is 0 Å². The summed E-state index contributed by atoms with van der Waals surface area (Å²) >= 11 is 0. The lowest BCUT2D eigenvalue weighted by atomic mass is 10.2. The van der Waals surface area contributed by atoms with E-state index in [0.29, 0.717) is 38.9 Å². The number of carbonyl (C=O) groups is 2. The fourth-order valence-corrected chi connectivity index (χ4v) is 1.37. The highest BCUT2D eigenvalue weighted by Gasteiger charge is 2.06. The largest absolute Gasteiger partial charge is 0.464 e. The normalized spacial score (nSPS) is 10.9. The molecule has 20 heavy (non-hydrogen) atoms. The van der Waals surface area contributed by atoms with Crippen LogP contribution in [-0.4, -0.2) is 76.2 Å². The summed E-state index contributed by atoms with van der Waals surface area (Å²) in [5.41, 5.74) is 0. The van der Waals surface area contributed by atoms with E-state index in [0.717, 1.165) is 13.1 Å². The average Bonchev–Trinajstić information content (AvgIpc) is 2.33. The first kappa shape index (κ1) is 18.9. The molecule has 0 saturated carbocycles. The molecule has 0 bridgehead atoms. The highest BCUT2D eigenvalue weighted by Crippen LogP contribution is 2.03. The number of ether oxygens (including phenoxy) is 2. The molecule has 0 aromatic rings. The minimum atomic E-state index is -0.201. The van der Waals surface area contributed by atoms with Gasteiger partial charge in [-0.1, -0.05) is 0 Å². The molecule has 0 aromatic carbocycles. The molecule has 6 nitrogen and oxygen atoms in total. The van der Waals surface area contributed by atoms with Crippen LogP contribution in [0.3, 0.4) is 0 Å². The van der Waals surface area contributed by atoms with Gasteiger partial charge in [-0.05, 0) is 41.0 Å². The van der Waals surface area contributed by atoms with Crippen molar-refractivity contribution >= 4 is 11.9 Å². The number of unbranched alkanes of at least 4 members (excludes halogenated alkanes) is 1. The van der Waals surface area contributed by atoms with Crippen LogP contribution in [0, 0.1) is 0 Å².